The van der Waals surface area contributed by atoms with E-state index in [1.165, 1.54) is 33.9 Å². The van der Waals surface area contributed by atoms with Gasteiger partial charge in [0.15, 0.2) is 0 Å². The molecule has 0 aliphatic heterocycles. The number of aryl methyl sites for hydroxylation is 2. The van der Waals surface area contributed by atoms with E-state index in [-0.39, 0.29) is 40.2 Å². The van der Waals surface area contributed by atoms with Crippen LogP contribution in [-0.4, -0.2) is 64.4 Å². The Morgan fingerprint density at radius 3 is 1.25 bits per heavy atom. The molecule has 0 amide bonds. The topological polar surface area (TPSA) is 175 Å². The van der Waals surface area contributed by atoms with Gasteiger partial charge in [-0.2, -0.15) is 10.2 Å². The Bertz CT molecular complexity index is 2620. The molecule has 13 heteroatoms. The summed E-state index contributed by atoms with van der Waals surface area (Å²) in [6.07, 6.45) is 2.93. The number of rotatable bonds is 8. The van der Waals surface area contributed by atoms with Crippen LogP contribution >= 0.6 is 0 Å². The molecule has 282 valence electrons. The van der Waals surface area contributed by atoms with Gasteiger partial charge in [-0.25, -0.2) is 19.0 Å². The number of aromatic carboxylic acids is 2. The first-order chi connectivity index (χ1) is 27.1. The molecule has 0 atom stereocenters. The van der Waals surface area contributed by atoms with Crippen molar-refractivity contribution >= 4 is 57.3 Å². The van der Waals surface area contributed by atoms with Crippen molar-refractivity contribution in [2.75, 3.05) is 0 Å². The van der Waals surface area contributed by atoms with Crippen LogP contribution in [0.15, 0.2) is 143 Å². The molecule has 0 saturated heterocycles. The molecule has 0 radical (unpaired) electrons. The second-order valence-corrected chi connectivity index (χ2v) is 12.6. The molecule has 2 heterocycles. The predicted molar refractivity (Wildman–Crippen MR) is 216 cm³/mol. The monoisotopic (exact) mass is 794 g/mol. The second-order valence-electron chi connectivity index (χ2n) is 12.6. The zero-order valence-electron chi connectivity index (χ0n) is 30.6. The average molecular weight is 795 g/mol. The fourth-order valence-corrected chi connectivity index (χ4v) is 6.25. The maximum absolute atomic E-state index is 11.7. The van der Waals surface area contributed by atoms with Crippen molar-refractivity contribution in [1.82, 2.24) is 19.6 Å². The van der Waals surface area contributed by atoms with Crippen molar-refractivity contribution in [3.8, 4) is 23.1 Å². The number of hydrogen-bond donors (Lipinski definition) is 4. The molecule has 8 rings (SSSR count). The van der Waals surface area contributed by atoms with Crippen molar-refractivity contribution < 1.29 is 47.4 Å². The number of aliphatic imine (C=N–C) groups is 2. The molecule has 0 aliphatic rings. The van der Waals surface area contributed by atoms with Gasteiger partial charge in [-0.3, -0.25) is 9.98 Å². The SMILES string of the molecule is Cc1nn(-c2ccccc2)c(O)c1C=Nc1c(C(=O)O)ccc2ccccc12.Cc1nn(-c2ccccc2)c(O)c1C=Nc1c(C(=O)O)ccc2ccccc12.[Cr]. The summed E-state index contributed by atoms with van der Waals surface area (Å²) in [5, 5.41) is 52.3. The summed E-state index contributed by atoms with van der Waals surface area (Å²) in [6.45, 7) is 3.53. The van der Waals surface area contributed by atoms with Gasteiger partial charge in [-0.15, -0.1) is 0 Å². The second kappa shape index (κ2) is 17.0. The molecular weight excluding hydrogens is 761 g/mol. The van der Waals surface area contributed by atoms with Gasteiger partial charge in [0.1, 0.15) is 0 Å². The molecule has 0 aliphatic carbocycles. The Hall–Kier alpha value is -7.33. The Morgan fingerprint density at radius 2 is 0.877 bits per heavy atom. The molecule has 6 aromatic carbocycles. The van der Waals surface area contributed by atoms with Gasteiger partial charge in [-0.1, -0.05) is 97.1 Å². The molecule has 57 heavy (non-hydrogen) atoms. The van der Waals surface area contributed by atoms with Crippen LogP contribution in [0.2, 0.25) is 0 Å². The number of carbonyl (C=O) groups is 2. The van der Waals surface area contributed by atoms with E-state index in [0.29, 0.717) is 33.9 Å². The van der Waals surface area contributed by atoms with Crippen LogP contribution in [0.4, 0.5) is 11.4 Å². The molecule has 0 saturated carbocycles. The van der Waals surface area contributed by atoms with Crippen molar-refractivity contribution in [1.29, 1.82) is 0 Å². The molecule has 2 aromatic heterocycles. The summed E-state index contributed by atoms with van der Waals surface area (Å²) in [6, 6.07) is 40.0. The smallest absolute Gasteiger partial charge is 0.337 e. The van der Waals surface area contributed by atoms with E-state index in [0.717, 1.165) is 32.9 Å². The van der Waals surface area contributed by atoms with Gasteiger partial charge in [-0.05, 0) is 61.0 Å². The van der Waals surface area contributed by atoms with Crippen molar-refractivity contribution in [2.45, 2.75) is 13.8 Å². The third kappa shape index (κ3) is 8.06. The van der Waals surface area contributed by atoms with Crippen molar-refractivity contribution in [3.05, 3.63) is 167 Å². The third-order valence-corrected chi connectivity index (χ3v) is 9.07. The number of benzene rings is 6. The van der Waals surface area contributed by atoms with Crippen LogP contribution in [0.3, 0.4) is 0 Å². The van der Waals surface area contributed by atoms with Crippen LogP contribution in [-0.2, 0) is 17.4 Å². The molecule has 12 nitrogen and oxygen atoms in total. The van der Waals surface area contributed by atoms with Crippen LogP contribution in [0.1, 0.15) is 43.2 Å². The summed E-state index contributed by atoms with van der Waals surface area (Å²) in [4.78, 5) is 32.2. The van der Waals surface area contributed by atoms with Gasteiger partial charge >= 0.3 is 11.9 Å². The quantitative estimate of drug-likeness (QED) is 0.110. The van der Waals surface area contributed by atoms with Gasteiger partial charge in [0.2, 0.25) is 11.8 Å². The molecule has 0 fully saturated rings. The summed E-state index contributed by atoms with van der Waals surface area (Å²) in [7, 11) is 0. The van der Waals surface area contributed by atoms with E-state index in [9.17, 15) is 30.0 Å². The minimum atomic E-state index is -1.06. The number of nitrogens with zero attached hydrogens (tertiary/aromatic N) is 6. The molecule has 0 spiro atoms. The maximum atomic E-state index is 11.7. The number of hydrogen-bond acceptors (Lipinski definition) is 8. The fourth-order valence-electron chi connectivity index (χ4n) is 6.25. The number of carboxylic acid groups (broad SMARTS) is 2. The standard InChI is InChI=1S/2C22H17N3O3.Cr/c2*1-14-19(21(26)25(24-14)16-8-3-2-4-9-16)13-23-20-17-10-6-5-7-15(17)11-12-18(20)22(27)28;/h2*2-13,26H,1H3,(H,27,28);. The summed E-state index contributed by atoms with van der Waals surface area (Å²) < 4.78 is 2.86. The van der Waals surface area contributed by atoms with E-state index in [1.54, 1.807) is 26.0 Å². The Labute approximate surface area is 337 Å². The number of aromatic hydroxyl groups is 2. The number of aromatic nitrogens is 4. The first kappa shape index (κ1) is 39.4. The van der Waals surface area contributed by atoms with Crippen LogP contribution in [0.5, 0.6) is 11.8 Å². The van der Waals surface area contributed by atoms with E-state index >= 15 is 0 Å². The zero-order chi connectivity index (χ0) is 39.3. The third-order valence-electron chi connectivity index (χ3n) is 9.07. The predicted octanol–water partition coefficient (Wildman–Crippen LogP) is 8.97. The van der Waals surface area contributed by atoms with E-state index in [2.05, 4.69) is 20.2 Å². The van der Waals surface area contributed by atoms with E-state index in [1.807, 2.05) is 109 Å². The van der Waals surface area contributed by atoms with E-state index in [4.69, 9.17) is 0 Å². The molecule has 0 unspecified atom stereocenters. The molecular formula is C44H34CrN6O6. The fraction of sp³-hybridized carbons (Fsp3) is 0.0455. The van der Waals surface area contributed by atoms with Gasteiger partial charge in [0, 0.05) is 40.6 Å². The number of para-hydroxylation sites is 2. The first-order valence-corrected chi connectivity index (χ1v) is 17.4. The first-order valence-electron chi connectivity index (χ1n) is 17.4. The largest absolute Gasteiger partial charge is 0.493 e. The van der Waals surface area contributed by atoms with Crippen LogP contribution < -0.4 is 0 Å². The summed E-state index contributed by atoms with van der Waals surface area (Å²) in [5.74, 6) is -2.22. The molecule has 0 bridgehead atoms. The molecule has 4 N–H and O–H groups in total. The Balaban J connectivity index is 0.000000189. The maximum Gasteiger partial charge on any atom is 0.337 e. The van der Waals surface area contributed by atoms with Crippen LogP contribution in [0, 0.1) is 13.8 Å². The van der Waals surface area contributed by atoms with Crippen molar-refractivity contribution in [2.24, 2.45) is 9.98 Å². The van der Waals surface area contributed by atoms with Gasteiger partial charge in [0.25, 0.3) is 0 Å². The summed E-state index contributed by atoms with van der Waals surface area (Å²) >= 11 is 0. The Morgan fingerprint density at radius 1 is 0.526 bits per heavy atom. The normalized spacial score (nSPS) is 11.1. The van der Waals surface area contributed by atoms with Gasteiger partial charge in [0.05, 0.1) is 56.4 Å². The summed E-state index contributed by atoms with van der Waals surface area (Å²) in [5.41, 5.74) is 4.38. The average Bonchev–Trinajstić information content (AvgIpc) is 3.67. The zero-order valence-corrected chi connectivity index (χ0v) is 31.8. The van der Waals surface area contributed by atoms with Crippen molar-refractivity contribution in [3.63, 3.8) is 0 Å². The minimum absolute atomic E-state index is 0. The van der Waals surface area contributed by atoms with Gasteiger partial charge < -0.3 is 20.4 Å². The minimum Gasteiger partial charge on any atom is -0.493 e. The van der Waals surface area contributed by atoms with E-state index < -0.39 is 11.9 Å². The Kier molecular flexibility index (Phi) is 11.7. The van der Waals surface area contributed by atoms with Crippen LogP contribution in [0.25, 0.3) is 32.9 Å². The number of fused-ring (bicyclic) bond motifs is 2. The number of carboxylic acids is 2. The molecule has 8 aromatic rings.